The molecule has 0 unspecified atom stereocenters. The standard InChI is InChI=1S/C19H29O7P/c1-14(2)25-27(21,26-15(3)4)13-23-18-11-10-17(24-18)12-22-19(20)16-8-6-5-7-9-16/h5-9,14-15,17-18H,10-13H2,1-4H3/t17-,18+/m0/s1. The highest BCUT2D eigenvalue weighted by Gasteiger charge is 2.33. The molecule has 2 rings (SSSR count). The van der Waals surface area contributed by atoms with Crippen LogP contribution in [0.25, 0.3) is 0 Å². The Bertz CT molecular complexity index is 618. The molecule has 8 heteroatoms. The first kappa shape index (κ1) is 22.1. The lowest BCUT2D eigenvalue weighted by Crippen LogP contribution is -2.22. The van der Waals surface area contributed by atoms with Crippen LogP contribution in [0.5, 0.6) is 0 Å². The number of carbonyl (C=O) groups is 1. The predicted molar refractivity (Wildman–Crippen MR) is 101 cm³/mol. The number of esters is 1. The summed E-state index contributed by atoms with van der Waals surface area (Å²) in [5.41, 5.74) is 0.501. The number of benzene rings is 1. The van der Waals surface area contributed by atoms with Gasteiger partial charge in [-0.25, -0.2) is 4.79 Å². The predicted octanol–water partition coefficient (Wildman–Crippen LogP) is 4.37. The second-order valence-corrected chi connectivity index (χ2v) is 8.85. The molecule has 1 aromatic carbocycles. The van der Waals surface area contributed by atoms with E-state index in [1.165, 1.54) is 0 Å². The molecular weight excluding hydrogens is 371 g/mol. The summed E-state index contributed by atoms with van der Waals surface area (Å²) in [7, 11) is -3.36. The van der Waals surface area contributed by atoms with E-state index in [1.807, 2.05) is 6.07 Å². The third-order valence-electron chi connectivity index (χ3n) is 3.64. The van der Waals surface area contributed by atoms with E-state index in [9.17, 15) is 9.36 Å². The van der Waals surface area contributed by atoms with E-state index in [1.54, 1.807) is 52.0 Å². The van der Waals surface area contributed by atoms with Crippen molar-refractivity contribution in [3.8, 4) is 0 Å². The molecule has 0 radical (unpaired) electrons. The second kappa shape index (κ2) is 10.3. The van der Waals surface area contributed by atoms with Crippen LogP contribution in [0, 0.1) is 0 Å². The highest BCUT2D eigenvalue weighted by molar-refractivity contribution is 7.53. The number of rotatable bonds is 10. The van der Waals surface area contributed by atoms with Gasteiger partial charge in [-0.1, -0.05) is 18.2 Å². The normalized spacial score (nSPS) is 20.4. The Labute approximate surface area is 160 Å². The van der Waals surface area contributed by atoms with Crippen molar-refractivity contribution in [3.63, 3.8) is 0 Å². The summed E-state index contributed by atoms with van der Waals surface area (Å²) in [5, 5.41) is 0. The first-order valence-electron chi connectivity index (χ1n) is 9.22. The van der Waals surface area contributed by atoms with E-state index in [2.05, 4.69) is 0 Å². The highest BCUT2D eigenvalue weighted by atomic mass is 31.2. The first-order chi connectivity index (χ1) is 12.8. The molecule has 0 aromatic heterocycles. The van der Waals surface area contributed by atoms with Gasteiger partial charge < -0.3 is 23.3 Å². The highest BCUT2D eigenvalue weighted by Crippen LogP contribution is 2.51. The maximum atomic E-state index is 12.7. The third kappa shape index (κ3) is 7.72. The van der Waals surface area contributed by atoms with Crippen LogP contribution in [0.1, 0.15) is 50.9 Å². The van der Waals surface area contributed by atoms with E-state index in [0.717, 1.165) is 0 Å². The van der Waals surface area contributed by atoms with Crippen LogP contribution in [-0.2, 0) is 27.8 Å². The van der Waals surface area contributed by atoms with Gasteiger partial charge in [-0.05, 0) is 46.2 Å². The minimum atomic E-state index is -3.36. The number of hydrogen-bond acceptors (Lipinski definition) is 7. The van der Waals surface area contributed by atoms with Gasteiger partial charge in [0.1, 0.15) is 6.61 Å². The number of ether oxygens (including phenoxy) is 3. The SMILES string of the molecule is CC(C)OP(=O)(CO[C@H]1CC[C@@H](COC(=O)c2ccccc2)O1)OC(C)C. The minimum Gasteiger partial charge on any atom is -0.459 e. The number of hydrogen-bond donors (Lipinski definition) is 0. The molecule has 1 aliphatic heterocycles. The van der Waals surface area contributed by atoms with Gasteiger partial charge in [0, 0.05) is 6.42 Å². The van der Waals surface area contributed by atoms with Gasteiger partial charge in [0.25, 0.3) is 0 Å². The van der Waals surface area contributed by atoms with Crippen LogP contribution in [0.4, 0.5) is 0 Å². The molecule has 2 atom stereocenters. The van der Waals surface area contributed by atoms with Gasteiger partial charge in [0.05, 0.1) is 23.9 Å². The summed E-state index contributed by atoms with van der Waals surface area (Å²) in [5.74, 6) is -0.385. The van der Waals surface area contributed by atoms with Crippen molar-refractivity contribution >= 4 is 13.6 Å². The van der Waals surface area contributed by atoms with Crippen LogP contribution in [-0.4, -0.2) is 43.5 Å². The van der Waals surface area contributed by atoms with Crippen molar-refractivity contribution in [1.82, 2.24) is 0 Å². The van der Waals surface area contributed by atoms with Crippen molar-refractivity contribution in [2.45, 2.75) is 65.1 Å². The fourth-order valence-corrected chi connectivity index (χ4v) is 4.45. The van der Waals surface area contributed by atoms with Gasteiger partial charge in [0.2, 0.25) is 0 Å². The molecule has 0 spiro atoms. The van der Waals surface area contributed by atoms with Crippen molar-refractivity contribution in [1.29, 1.82) is 0 Å². The average molecular weight is 400 g/mol. The number of carbonyl (C=O) groups excluding carboxylic acids is 1. The largest absolute Gasteiger partial charge is 0.459 e. The zero-order valence-corrected chi connectivity index (χ0v) is 17.2. The Morgan fingerprint density at radius 3 is 2.33 bits per heavy atom. The monoisotopic (exact) mass is 400 g/mol. The molecule has 0 N–H and O–H groups in total. The van der Waals surface area contributed by atoms with Crippen LogP contribution in [0.3, 0.4) is 0 Å². The summed E-state index contributed by atoms with van der Waals surface area (Å²) in [6.07, 6.45) is -0.126. The van der Waals surface area contributed by atoms with Crippen LogP contribution in [0.15, 0.2) is 30.3 Å². The topological polar surface area (TPSA) is 80.3 Å². The van der Waals surface area contributed by atoms with Crippen LogP contribution >= 0.6 is 7.60 Å². The van der Waals surface area contributed by atoms with Gasteiger partial charge in [-0.15, -0.1) is 0 Å². The molecule has 0 aliphatic carbocycles. The Balaban J connectivity index is 1.76. The third-order valence-corrected chi connectivity index (χ3v) is 5.59. The summed E-state index contributed by atoms with van der Waals surface area (Å²) >= 11 is 0. The molecule has 0 bridgehead atoms. The quantitative estimate of drug-likeness (QED) is 0.426. The van der Waals surface area contributed by atoms with Crippen LogP contribution in [0.2, 0.25) is 0 Å². The summed E-state index contributed by atoms with van der Waals surface area (Å²) in [6, 6.07) is 8.80. The maximum absolute atomic E-state index is 12.7. The van der Waals surface area contributed by atoms with Crippen molar-refractivity contribution in [2.24, 2.45) is 0 Å². The first-order valence-corrected chi connectivity index (χ1v) is 11.0. The van der Waals surface area contributed by atoms with Gasteiger partial charge in [0.15, 0.2) is 12.6 Å². The molecule has 1 aromatic rings. The van der Waals surface area contributed by atoms with Crippen molar-refractivity contribution in [3.05, 3.63) is 35.9 Å². The van der Waals surface area contributed by atoms with Crippen LogP contribution < -0.4 is 0 Å². The van der Waals surface area contributed by atoms with E-state index in [-0.39, 0.29) is 37.2 Å². The molecule has 7 nitrogen and oxygen atoms in total. The lowest BCUT2D eigenvalue weighted by molar-refractivity contribution is -0.133. The zero-order valence-electron chi connectivity index (χ0n) is 16.3. The zero-order chi connectivity index (χ0) is 19.9. The molecule has 1 saturated heterocycles. The van der Waals surface area contributed by atoms with Gasteiger partial charge >= 0.3 is 13.6 Å². The smallest absolute Gasteiger partial charge is 0.356 e. The van der Waals surface area contributed by atoms with Crippen molar-refractivity contribution < 1.29 is 32.6 Å². The second-order valence-electron chi connectivity index (χ2n) is 6.94. The Hall–Kier alpha value is -1.24. The maximum Gasteiger partial charge on any atom is 0.356 e. The fourth-order valence-electron chi connectivity index (χ4n) is 2.65. The molecule has 152 valence electrons. The molecule has 0 saturated carbocycles. The summed E-state index contributed by atoms with van der Waals surface area (Å²) in [4.78, 5) is 12.0. The van der Waals surface area contributed by atoms with E-state index in [4.69, 9.17) is 23.3 Å². The summed E-state index contributed by atoms with van der Waals surface area (Å²) < 4.78 is 40.3. The van der Waals surface area contributed by atoms with E-state index in [0.29, 0.717) is 18.4 Å². The molecule has 1 fully saturated rings. The lowest BCUT2D eigenvalue weighted by Gasteiger charge is -2.24. The van der Waals surface area contributed by atoms with E-state index < -0.39 is 13.9 Å². The molecule has 1 heterocycles. The Kier molecular flexibility index (Phi) is 8.45. The molecule has 0 amide bonds. The van der Waals surface area contributed by atoms with Gasteiger partial charge in [-0.2, -0.15) is 0 Å². The minimum absolute atomic E-state index is 0.149. The average Bonchev–Trinajstić information content (AvgIpc) is 3.05. The molecular formula is C19H29O7P. The summed E-state index contributed by atoms with van der Waals surface area (Å²) in [6.45, 7) is 7.31. The Morgan fingerprint density at radius 1 is 1.11 bits per heavy atom. The molecule has 1 aliphatic rings. The van der Waals surface area contributed by atoms with E-state index >= 15 is 0 Å². The van der Waals surface area contributed by atoms with Crippen molar-refractivity contribution in [2.75, 3.05) is 13.0 Å². The Morgan fingerprint density at radius 2 is 1.74 bits per heavy atom. The van der Waals surface area contributed by atoms with Gasteiger partial charge in [-0.3, -0.25) is 4.57 Å². The lowest BCUT2D eigenvalue weighted by atomic mass is 10.2. The fraction of sp³-hybridized carbons (Fsp3) is 0.632. The molecule has 27 heavy (non-hydrogen) atoms.